The molecule has 0 spiro atoms. The smallest absolute Gasteiger partial charge is 0.406 e. The van der Waals surface area contributed by atoms with Crippen molar-refractivity contribution in [1.82, 2.24) is 0 Å². The van der Waals surface area contributed by atoms with Crippen molar-refractivity contribution in [3.63, 3.8) is 0 Å². The molecule has 0 N–H and O–H groups in total. The van der Waals surface area contributed by atoms with Gasteiger partial charge in [-0.25, -0.2) is 0 Å². The van der Waals surface area contributed by atoms with E-state index in [9.17, 15) is 31.1 Å². The Bertz CT molecular complexity index is 526. The van der Waals surface area contributed by atoms with Crippen molar-refractivity contribution >= 4 is 21.7 Å². The fourth-order valence-corrected chi connectivity index (χ4v) is 1.73. The number of hydrogen-bond donors (Lipinski definition) is 0. The molecule has 0 aliphatic rings. The highest BCUT2D eigenvalue weighted by molar-refractivity contribution is 9.09. The lowest BCUT2D eigenvalue weighted by atomic mass is 10.1. The molecular weight excluding hydrogens is 374 g/mol. The van der Waals surface area contributed by atoms with E-state index >= 15 is 0 Å². The molecule has 1 aromatic carbocycles. The average Bonchev–Trinajstić information content (AvgIpc) is 2.23. The molecule has 0 saturated carbocycles. The van der Waals surface area contributed by atoms with Crippen LogP contribution in [0.25, 0.3) is 0 Å². The quantitative estimate of drug-likeness (QED) is 0.569. The highest BCUT2D eigenvalue weighted by atomic mass is 79.9. The molecule has 1 unspecified atom stereocenters. The zero-order valence-electron chi connectivity index (χ0n) is 10.2. The number of alkyl halides is 7. The molecule has 118 valence electrons. The Kier molecular flexibility index (Phi) is 5.13. The number of halogens is 7. The van der Waals surface area contributed by atoms with Crippen LogP contribution in [-0.2, 0) is 4.79 Å². The second kappa shape index (κ2) is 6.12. The Morgan fingerprint density at radius 3 is 2.05 bits per heavy atom. The van der Waals surface area contributed by atoms with E-state index in [-0.39, 0.29) is 5.56 Å². The van der Waals surface area contributed by atoms with Gasteiger partial charge in [0.1, 0.15) is 22.1 Å². The van der Waals surface area contributed by atoms with Crippen LogP contribution in [0.15, 0.2) is 18.2 Å². The number of carbonyl (C=O) groups excluding carboxylic acids is 1. The minimum atomic E-state index is -5.13. The van der Waals surface area contributed by atoms with E-state index in [1.54, 1.807) is 0 Å². The Morgan fingerprint density at radius 2 is 1.62 bits per heavy atom. The third-order valence-electron chi connectivity index (χ3n) is 2.07. The number of carbonyl (C=O) groups is 1. The molecule has 0 bridgehead atoms. The summed E-state index contributed by atoms with van der Waals surface area (Å²) in [4.78, 5) is 10.0. The largest absolute Gasteiger partial charge is 0.573 e. The predicted molar refractivity (Wildman–Crippen MR) is 62.2 cm³/mol. The summed E-state index contributed by atoms with van der Waals surface area (Å²) in [7, 11) is 0. The second-order valence-electron chi connectivity index (χ2n) is 3.77. The van der Waals surface area contributed by atoms with Crippen LogP contribution >= 0.6 is 15.9 Å². The Morgan fingerprint density at radius 1 is 1.10 bits per heavy atom. The SMILES string of the molecule is CC(=O)C(Br)c1ccc(OC(F)(F)F)cc1OC(F)(F)F. The molecule has 1 atom stereocenters. The topological polar surface area (TPSA) is 35.5 Å². The Hall–Kier alpha value is -1.45. The Balaban J connectivity index is 3.23. The number of rotatable bonds is 4. The molecule has 0 heterocycles. The zero-order valence-corrected chi connectivity index (χ0v) is 11.8. The summed E-state index contributed by atoms with van der Waals surface area (Å²) in [6.45, 7) is 1.09. The summed E-state index contributed by atoms with van der Waals surface area (Å²) in [5, 5.41) is 0. The number of hydrogen-bond acceptors (Lipinski definition) is 3. The van der Waals surface area contributed by atoms with Crippen LogP contribution in [0.1, 0.15) is 17.3 Å². The summed E-state index contributed by atoms with van der Waals surface area (Å²) in [6, 6.07) is 2.07. The van der Waals surface area contributed by atoms with Gasteiger partial charge in [-0.15, -0.1) is 26.3 Å². The monoisotopic (exact) mass is 380 g/mol. The summed E-state index contributed by atoms with van der Waals surface area (Å²) in [5.41, 5.74) is -0.269. The maximum absolute atomic E-state index is 12.3. The first-order valence-corrected chi connectivity index (χ1v) is 6.10. The lowest BCUT2D eigenvalue weighted by Gasteiger charge is -2.17. The zero-order chi connectivity index (χ0) is 16.4. The molecule has 0 aliphatic carbocycles. The van der Waals surface area contributed by atoms with E-state index in [0.717, 1.165) is 19.1 Å². The first-order valence-electron chi connectivity index (χ1n) is 5.19. The molecule has 1 aromatic rings. The molecule has 0 radical (unpaired) electrons. The maximum Gasteiger partial charge on any atom is 0.573 e. The molecule has 21 heavy (non-hydrogen) atoms. The number of ether oxygens (including phenoxy) is 2. The highest BCUT2D eigenvalue weighted by Crippen LogP contribution is 2.38. The van der Waals surface area contributed by atoms with Crippen molar-refractivity contribution < 1.29 is 40.6 Å². The second-order valence-corrected chi connectivity index (χ2v) is 4.68. The van der Waals surface area contributed by atoms with Crippen molar-refractivity contribution in [3.05, 3.63) is 23.8 Å². The standard InChI is InChI=1S/C11H7BrF6O3/c1-5(19)9(12)7-3-2-6(20-10(13,14)15)4-8(7)21-11(16,17)18/h2-4,9H,1H3. The van der Waals surface area contributed by atoms with Gasteiger partial charge in [-0.2, -0.15) is 0 Å². The third-order valence-corrected chi connectivity index (χ3v) is 3.21. The molecule has 3 nitrogen and oxygen atoms in total. The van der Waals surface area contributed by atoms with E-state index in [4.69, 9.17) is 0 Å². The molecule has 1 rings (SSSR count). The summed E-state index contributed by atoms with van der Waals surface area (Å²) in [6.07, 6.45) is -10.2. The van der Waals surface area contributed by atoms with Gasteiger partial charge in [0, 0.05) is 11.6 Å². The predicted octanol–water partition coefficient (Wildman–Crippen LogP) is 4.51. The molecule has 0 aromatic heterocycles. The van der Waals surface area contributed by atoms with Gasteiger partial charge in [0.15, 0.2) is 0 Å². The van der Waals surface area contributed by atoms with Gasteiger partial charge in [0.2, 0.25) is 0 Å². The lowest BCUT2D eigenvalue weighted by Crippen LogP contribution is -2.20. The van der Waals surface area contributed by atoms with Gasteiger partial charge in [-0.05, 0) is 13.0 Å². The van der Waals surface area contributed by atoms with Crippen LogP contribution in [-0.4, -0.2) is 18.5 Å². The fourth-order valence-electron chi connectivity index (χ4n) is 1.35. The van der Waals surface area contributed by atoms with Gasteiger partial charge < -0.3 is 9.47 Å². The van der Waals surface area contributed by atoms with Gasteiger partial charge in [0.05, 0.1) is 0 Å². The summed E-state index contributed by atoms with van der Waals surface area (Å²) in [5.74, 6) is -2.40. The van der Waals surface area contributed by atoms with Crippen LogP contribution in [0.4, 0.5) is 26.3 Å². The van der Waals surface area contributed by atoms with Crippen molar-refractivity contribution in [1.29, 1.82) is 0 Å². The minimum absolute atomic E-state index is 0.269. The summed E-state index contributed by atoms with van der Waals surface area (Å²) < 4.78 is 80.1. The maximum atomic E-state index is 12.3. The minimum Gasteiger partial charge on any atom is -0.406 e. The third kappa shape index (κ3) is 5.82. The average molecular weight is 381 g/mol. The molecule has 10 heteroatoms. The van der Waals surface area contributed by atoms with Gasteiger partial charge in [-0.3, -0.25) is 4.79 Å². The summed E-state index contributed by atoms with van der Waals surface area (Å²) >= 11 is 2.83. The van der Waals surface area contributed by atoms with E-state index in [1.807, 2.05) is 0 Å². The highest BCUT2D eigenvalue weighted by Gasteiger charge is 2.35. The van der Waals surface area contributed by atoms with Crippen LogP contribution in [0.3, 0.4) is 0 Å². The van der Waals surface area contributed by atoms with E-state index in [2.05, 4.69) is 25.4 Å². The molecule has 0 saturated heterocycles. The van der Waals surface area contributed by atoms with Crippen molar-refractivity contribution in [2.75, 3.05) is 0 Å². The lowest BCUT2D eigenvalue weighted by molar-refractivity contribution is -0.276. The Labute approximate surface area is 123 Å². The van der Waals surface area contributed by atoms with Gasteiger partial charge in [0.25, 0.3) is 0 Å². The van der Waals surface area contributed by atoms with Crippen molar-refractivity contribution in [3.8, 4) is 11.5 Å². The number of Topliss-reactive ketones (excluding diaryl/α,β-unsaturated/α-hetero) is 1. The van der Waals surface area contributed by atoms with Crippen molar-refractivity contribution in [2.45, 2.75) is 24.5 Å². The molecule has 0 aliphatic heterocycles. The number of benzene rings is 1. The van der Waals surface area contributed by atoms with Gasteiger partial charge >= 0.3 is 12.7 Å². The molecular formula is C11H7BrF6O3. The van der Waals surface area contributed by atoms with Crippen LogP contribution in [0, 0.1) is 0 Å². The fraction of sp³-hybridized carbons (Fsp3) is 0.364. The molecule has 0 amide bonds. The normalized spacial score (nSPS) is 13.7. The van der Waals surface area contributed by atoms with Crippen molar-refractivity contribution in [2.24, 2.45) is 0 Å². The number of ketones is 1. The van der Waals surface area contributed by atoms with E-state index in [0.29, 0.717) is 6.07 Å². The first-order chi connectivity index (χ1) is 9.39. The van der Waals surface area contributed by atoms with Crippen LogP contribution in [0.5, 0.6) is 11.5 Å². The van der Waals surface area contributed by atoms with Crippen LogP contribution in [0.2, 0.25) is 0 Å². The van der Waals surface area contributed by atoms with E-state index in [1.165, 1.54) is 0 Å². The molecule has 0 fully saturated rings. The first kappa shape index (κ1) is 17.6. The van der Waals surface area contributed by atoms with E-state index < -0.39 is 34.8 Å². The van der Waals surface area contributed by atoms with Crippen LogP contribution < -0.4 is 9.47 Å². The van der Waals surface area contributed by atoms with Gasteiger partial charge in [-0.1, -0.05) is 22.0 Å².